The van der Waals surface area contributed by atoms with E-state index in [1.807, 2.05) is 0 Å². The number of H-pyrrole nitrogens is 1. The Bertz CT molecular complexity index is 2200. The number of imidazole rings is 1. The molecule has 0 aliphatic carbocycles. The number of carboxylic acid groups (broad SMARTS) is 1. The number of aromatic nitrogens is 2. The van der Waals surface area contributed by atoms with Gasteiger partial charge in [0.05, 0.1) is 30.9 Å². The van der Waals surface area contributed by atoms with Gasteiger partial charge in [0.25, 0.3) is 11.8 Å². The topological polar surface area (TPSA) is 503 Å². The number of nitrogens with two attached hydrogens (primary N) is 6. The Kier molecular flexibility index (Phi) is 28.2. The summed E-state index contributed by atoms with van der Waals surface area (Å²) in [6.07, 6.45) is -2.89. The lowest BCUT2D eigenvalue weighted by atomic mass is 10.0. The van der Waals surface area contributed by atoms with Crippen LogP contribution in [0, 0.1) is 11.3 Å². The number of carbonyl (C=O) groups excluding carboxylic acids is 8. The van der Waals surface area contributed by atoms with E-state index in [9.17, 15) is 66.5 Å². The summed E-state index contributed by atoms with van der Waals surface area (Å²) in [5.41, 5.74) is 32.4. The van der Waals surface area contributed by atoms with Crippen molar-refractivity contribution in [2.24, 2.45) is 45.3 Å². The second-order valence-corrected chi connectivity index (χ2v) is 17.6. The molecular formula is C44H73F3N18O11. The second kappa shape index (κ2) is 33.0. The molecule has 2 rings (SSSR count). The molecule has 29 nitrogen and oxygen atoms in total. The molecule has 1 aliphatic rings. The summed E-state index contributed by atoms with van der Waals surface area (Å²) in [5, 5.41) is 43.7. The number of hydrogen-bond acceptors (Lipinski definition) is 17. The zero-order valence-corrected chi connectivity index (χ0v) is 42.1. The standard InChI is InChI=1S/C44H73F3N18O11/c1-23(59-40(73)34(32(66)18-51)64-36(69)26(52)8-2-4-12-48)35(68)57-20-33(67)60-28(10-6-14-50)41(74)65-21-24(44(45,46)47)16-31(65)39(72)63-30(17-25-19-55-22-58-25)38(71)61-27(9-3-5-13-49)37(70)62-29(42(75)76)11-7-15-56-43(53)54/h11,19,22-24,26-27,30-32,34,66H,2-10,12-18,20-21,48-52H2,1H3,(H,55,58)(H,57,68)(H,59,73)(H,61,71)(H,62,70)(H,63,72)(H,64,69)(H,75,76)(H4,53,54,56)/b29-11-,60-28+/t23-,24-,26-,27-,30-,31-,32-,34-/m0/s1. The van der Waals surface area contributed by atoms with Crippen LogP contribution in [-0.2, 0) is 49.6 Å². The van der Waals surface area contributed by atoms with Crippen LogP contribution in [-0.4, -0.2) is 184 Å². The fourth-order valence-corrected chi connectivity index (χ4v) is 7.40. The maximum Gasteiger partial charge on any atom is 0.393 e. The monoisotopic (exact) mass is 1090 g/mol. The lowest BCUT2D eigenvalue weighted by Gasteiger charge is -2.27. The summed E-state index contributed by atoms with van der Waals surface area (Å²) in [4.78, 5) is 131. The highest BCUT2D eigenvalue weighted by molar-refractivity contribution is 6.40. The second-order valence-electron chi connectivity index (χ2n) is 17.6. The first-order valence-corrected chi connectivity index (χ1v) is 24.4. The molecule has 0 unspecified atom stereocenters. The maximum atomic E-state index is 14.4. The minimum atomic E-state index is -4.95. The quantitative estimate of drug-likeness (QED) is 0.0135. The van der Waals surface area contributed by atoms with Gasteiger partial charge >= 0.3 is 12.1 Å². The highest BCUT2D eigenvalue weighted by Crippen LogP contribution is 2.37. The Hall–Kier alpha value is -7.13. The zero-order chi connectivity index (χ0) is 57.1. The number of carbonyl (C=O) groups is 9. The number of alkyl halides is 3. The first-order valence-electron chi connectivity index (χ1n) is 24.4. The average Bonchev–Trinajstić information content (AvgIpc) is 4.07. The minimum absolute atomic E-state index is 0.000445. The van der Waals surface area contributed by atoms with Crippen LogP contribution < -0.4 is 71.6 Å². The summed E-state index contributed by atoms with van der Waals surface area (Å²) in [6, 6.07) is -9.19. The van der Waals surface area contributed by atoms with Gasteiger partial charge in [-0.1, -0.05) is 12.5 Å². The van der Waals surface area contributed by atoms with Crippen molar-refractivity contribution in [1.29, 1.82) is 5.41 Å². The Morgan fingerprint density at radius 3 is 2.12 bits per heavy atom. The number of hydrogen-bond donors (Lipinski definition) is 17. The van der Waals surface area contributed by atoms with E-state index in [0.717, 1.165) is 6.08 Å². The number of nitrogens with zero attached hydrogens (tertiary/aromatic N) is 3. The van der Waals surface area contributed by atoms with Crippen LogP contribution in [0.3, 0.4) is 0 Å². The number of carboxylic acids is 1. The third-order valence-electron chi connectivity index (χ3n) is 11.6. The SMILES string of the molecule is C[C@H](NC(=O)[C@@H](NC(=O)[C@@H](N)CCCCN)[C@@H](O)CN)C(=O)NCC(=O)/N=C(\CCCN)C(=O)N1C[C@@H](C(F)(F)F)C[C@H]1C(=O)N[C@@H](Cc1cnc[nH]1)C(=O)N[C@@H](CCCCN)C(=O)N/C(=C\CCNC(=N)N)C(=O)O. The summed E-state index contributed by atoms with van der Waals surface area (Å²) in [5.74, 6) is -12.8. The number of amides is 8. The molecule has 32 heteroatoms. The van der Waals surface area contributed by atoms with Crippen LogP contribution in [0.1, 0.15) is 76.8 Å². The Morgan fingerprint density at radius 2 is 1.54 bits per heavy atom. The molecule has 2 heterocycles. The van der Waals surface area contributed by atoms with Crippen LogP contribution in [0.4, 0.5) is 13.2 Å². The molecule has 8 atom stereocenters. The van der Waals surface area contributed by atoms with E-state index in [4.69, 9.17) is 39.8 Å². The fraction of sp³-hybridized carbons (Fsp3) is 0.636. The van der Waals surface area contributed by atoms with Gasteiger partial charge in [-0.05, 0) is 84.3 Å². The number of aliphatic hydroxyl groups excluding tert-OH is 1. The van der Waals surface area contributed by atoms with Gasteiger partial charge in [0.1, 0.15) is 41.6 Å². The van der Waals surface area contributed by atoms with Crippen LogP contribution in [0.15, 0.2) is 29.3 Å². The predicted octanol–water partition coefficient (Wildman–Crippen LogP) is -5.62. The number of aliphatic imine (C=N–C) groups is 1. The molecule has 0 bridgehead atoms. The van der Waals surface area contributed by atoms with E-state index in [-0.39, 0.29) is 76.2 Å². The van der Waals surface area contributed by atoms with E-state index < -0.39 is 145 Å². The van der Waals surface area contributed by atoms with E-state index in [1.165, 1.54) is 19.4 Å². The zero-order valence-electron chi connectivity index (χ0n) is 42.1. The number of rotatable bonds is 33. The lowest BCUT2D eigenvalue weighted by Crippen LogP contribution is -2.60. The van der Waals surface area contributed by atoms with Crippen molar-refractivity contribution >= 4 is 64.9 Å². The average molecular weight is 1090 g/mol. The molecule has 0 spiro atoms. The molecule has 0 radical (unpaired) electrons. The van der Waals surface area contributed by atoms with Crippen LogP contribution in [0.25, 0.3) is 0 Å². The van der Waals surface area contributed by atoms with Gasteiger partial charge in [0, 0.05) is 37.9 Å². The van der Waals surface area contributed by atoms with Crippen molar-refractivity contribution in [3.05, 3.63) is 30.0 Å². The van der Waals surface area contributed by atoms with Gasteiger partial charge in [-0.3, -0.25) is 43.8 Å². The maximum absolute atomic E-state index is 14.4. The molecule has 1 aromatic rings. The van der Waals surface area contributed by atoms with Crippen molar-refractivity contribution in [2.75, 3.05) is 45.8 Å². The largest absolute Gasteiger partial charge is 0.477 e. The van der Waals surface area contributed by atoms with Crippen molar-refractivity contribution < 1.29 is 66.5 Å². The molecule has 76 heavy (non-hydrogen) atoms. The molecule has 0 saturated carbocycles. The van der Waals surface area contributed by atoms with Crippen molar-refractivity contribution in [1.82, 2.24) is 52.1 Å². The Labute approximate surface area is 435 Å². The highest BCUT2D eigenvalue weighted by atomic mass is 19.4. The van der Waals surface area contributed by atoms with E-state index in [2.05, 4.69) is 52.2 Å². The normalized spacial score (nSPS) is 17.2. The van der Waals surface area contributed by atoms with Gasteiger partial charge < -0.3 is 91.7 Å². The third-order valence-corrected chi connectivity index (χ3v) is 11.6. The predicted molar refractivity (Wildman–Crippen MR) is 266 cm³/mol. The van der Waals surface area contributed by atoms with Crippen LogP contribution in [0.5, 0.6) is 0 Å². The number of aliphatic carboxylic acids is 1. The van der Waals surface area contributed by atoms with E-state index in [1.54, 1.807) is 0 Å². The number of aromatic amines is 1. The van der Waals surface area contributed by atoms with Gasteiger partial charge in [-0.2, -0.15) is 13.2 Å². The molecule has 0 aromatic carbocycles. The van der Waals surface area contributed by atoms with Crippen LogP contribution in [0.2, 0.25) is 0 Å². The smallest absolute Gasteiger partial charge is 0.393 e. The molecular weight excluding hydrogens is 1010 g/mol. The van der Waals surface area contributed by atoms with E-state index in [0.29, 0.717) is 30.7 Å². The number of nitrogens with one attached hydrogen (secondary N) is 9. The molecule has 1 aromatic heterocycles. The van der Waals surface area contributed by atoms with E-state index >= 15 is 0 Å². The number of halogens is 3. The van der Waals surface area contributed by atoms with Crippen LogP contribution >= 0.6 is 0 Å². The van der Waals surface area contributed by atoms with Gasteiger partial charge in [-0.15, -0.1) is 0 Å². The summed E-state index contributed by atoms with van der Waals surface area (Å²) < 4.78 is 43.2. The Morgan fingerprint density at radius 1 is 0.882 bits per heavy atom. The molecule has 23 N–H and O–H groups in total. The first-order chi connectivity index (χ1) is 35.9. The summed E-state index contributed by atoms with van der Waals surface area (Å²) >= 11 is 0. The lowest BCUT2D eigenvalue weighted by molar-refractivity contribution is -0.171. The number of guanidine groups is 1. The molecule has 426 valence electrons. The third kappa shape index (κ3) is 22.4. The van der Waals surface area contributed by atoms with Gasteiger partial charge in [-0.25, -0.2) is 14.8 Å². The molecule has 1 aliphatic heterocycles. The van der Waals surface area contributed by atoms with Crippen molar-refractivity contribution in [3.63, 3.8) is 0 Å². The van der Waals surface area contributed by atoms with Gasteiger partial charge in [0.2, 0.25) is 35.4 Å². The summed E-state index contributed by atoms with van der Waals surface area (Å²) in [6.45, 7) is -0.805. The molecule has 1 saturated heterocycles. The highest BCUT2D eigenvalue weighted by Gasteiger charge is 2.52. The molecule has 1 fully saturated rings. The summed E-state index contributed by atoms with van der Waals surface area (Å²) in [7, 11) is 0. The van der Waals surface area contributed by atoms with Crippen molar-refractivity contribution in [3.8, 4) is 0 Å². The van der Waals surface area contributed by atoms with Gasteiger partial charge in [0.15, 0.2) is 5.96 Å². The minimum Gasteiger partial charge on any atom is -0.477 e. The van der Waals surface area contributed by atoms with Crippen molar-refractivity contribution in [2.45, 2.75) is 126 Å². The molecule has 8 amide bonds. The first kappa shape index (κ1) is 65.0. The Balaban J connectivity index is 2.38. The number of likely N-dealkylation sites (tertiary alicyclic amines) is 1. The number of unbranched alkanes of at least 4 members (excludes halogenated alkanes) is 2. The fourth-order valence-electron chi connectivity index (χ4n) is 7.40. The number of aliphatic hydroxyl groups is 1.